The van der Waals surface area contributed by atoms with Gasteiger partial charge >= 0.3 is 0 Å². The van der Waals surface area contributed by atoms with Crippen LogP contribution < -0.4 is 0 Å². The lowest BCUT2D eigenvalue weighted by molar-refractivity contribution is -0.385. The molecule has 0 heterocycles. The maximum atomic E-state index is 10.8. The van der Waals surface area contributed by atoms with E-state index < -0.39 is 14.0 Å². The van der Waals surface area contributed by atoms with Crippen molar-refractivity contribution in [3.05, 3.63) is 38.3 Å². The minimum absolute atomic E-state index is 0.00354. The first-order chi connectivity index (χ1) is 7.31. The topological polar surface area (TPSA) is 77.3 Å². The molecule has 0 saturated heterocycles. The molecule has 0 unspecified atom stereocenters. The molecule has 0 atom stereocenters. The van der Waals surface area contributed by atoms with Gasteiger partial charge in [0.15, 0.2) is 0 Å². The molecule has 5 nitrogen and oxygen atoms in total. The van der Waals surface area contributed by atoms with Gasteiger partial charge in [-0.05, 0) is 12.5 Å². The lowest BCUT2D eigenvalue weighted by atomic mass is 10.1. The quantitative estimate of drug-likeness (QED) is 0.483. The molecule has 0 saturated carbocycles. The Morgan fingerprint density at radius 2 is 2.06 bits per heavy atom. The molecule has 88 valence electrons. The summed E-state index contributed by atoms with van der Waals surface area (Å²) >= 11 is 3.14. The SMILES string of the molecule is O=[N+]([O-])c1cccc(Br)c1CCS(=O)(=O)Cl. The molecule has 1 rings (SSSR count). The van der Waals surface area contributed by atoms with Crippen LogP contribution in [-0.2, 0) is 15.5 Å². The molecule has 0 aliphatic rings. The van der Waals surface area contributed by atoms with Gasteiger partial charge in [0.2, 0.25) is 9.05 Å². The van der Waals surface area contributed by atoms with Gasteiger partial charge < -0.3 is 0 Å². The maximum Gasteiger partial charge on any atom is 0.273 e. The van der Waals surface area contributed by atoms with Gasteiger partial charge in [-0.1, -0.05) is 22.0 Å². The Kier molecular flexibility index (Phi) is 4.28. The zero-order valence-corrected chi connectivity index (χ0v) is 11.0. The number of benzene rings is 1. The third-order valence-corrected chi connectivity index (χ3v) is 3.78. The lowest BCUT2D eigenvalue weighted by Gasteiger charge is -2.03. The van der Waals surface area contributed by atoms with Crippen molar-refractivity contribution in [3.63, 3.8) is 0 Å². The van der Waals surface area contributed by atoms with Crippen LogP contribution in [0, 0.1) is 10.1 Å². The van der Waals surface area contributed by atoms with Crippen molar-refractivity contribution < 1.29 is 13.3 Å². The van der Waals surface area contributed by atoms with Crippen LogP contribution in [0.4, 0.5) is 5.69 Å². The highest BCUT2D eigenvalue weighted by Gasteiger charge is 2.18. The molecule has 0 N–H and O–H groups in total. The summed E-state index contributed by atoms with van der Waals surface area (Å²) in [5.74, 6) is -0.335. The van der Waals surface area contributed by atoms with Gasteiger partial charge in [-0.3, -0.25) is 10.1 Å². The van der Waals surface area contributed by atoms with E-state index in [1.54, 1.807) is 6.07 Å². The van der Waals surface area contributed by atoms with Crippen LogP contribution in [-0.4, -0.2) is 19.1 Å². The molecule has 0 bridgehead atoms. The molecular formula is C8H7BrClNO4S. The van der Waals surface area contributed by atoms with Crippen LogP contribution in [0.25, 0.3) is 0 Å². The molecule has 1 aromatic carbocycles. The predicted molar refractivity (Wildman–Crippen MR) is 64.1 cm³/mol. The predicted octanol–water partition coefficient (Wildman–Crippen LogP) is 2.47. The van der Waals surface area contributed by atoms with Crippen LogP contribution >= 0.6 is 26.6 Å². The van der Waals surface area contributed by atoms with Gasteiger partial charge in [-0.25, -0.2) is 8.42 Å². The van der Waals surface area contributed by atoms with Gasteiger partial charge in [0.1, 0.15) is 0 Å². The molecule has 0 fully saturated rings. The average Bonchev–Trinajstić information content (AvgIpc) is 2.13. The van der Waals surface area contributed by atoms with E-state index in [1.807, 2.05) is 0 Å². The Labute approximate surface area is 105 Å². The van der Waals surface area contributed by atoms with Crippen LogP contribution in [0.2, 0.25) is 0 Å². The van der Waals surface area contributed by atoms with Crippen molar-refractivity contribution in [3.8, 4) is 0 Å². The van der Waals surface area contributed by atoms with Gasteiger partial charge in [-0.15, -0.1) is 0 Å². The van der Waals surface area contributed by atoms with E-state index in [1.165, 1.54) is 12.1 Å². The fourth-order valence-corrected chi connectivity index (χ4v) is 2.42. The van der Waals surface area contributed by atoms with Crippen molar-refractivity contribution in [2.75, 3.05) is 5.75 Å². The number of nitrogens with zero attached hydrogens (tertiary/aromatic N) is 1. The molecular weight excluding hydrogens is 322 g/mol. The molecule has 16 heavy (non-hydrogen) atoms. The highest BCUT2D eigenvalue weighted by atomic mass is 79.9. The summed E-state index contributed by atoms with van der Waals surface area (Å²) in [6, 6.07) is 4.45. The summed E-state index contributed by atoms with van der Waals surface area (Å²) in [5, 5.41) is 10.7. The standard InChI is InChI=1S/C8H7BrClNO4S/c9-7-2-1-3-8(11(12)13)6(7)4-5-16(10,14)15/h1-3H,4-5H2. The smallest absolute Gasteiger partial charge is 0.258 e. The molecule has 0 aromatic heterocycles. The second-order valence-corrected chi connectivity index (χ2v) is 6.74. The second-order valence-electron chi connectivity index (χ2n) is 2.99. The van der Waals surface area contributed by atoms with Crippen LogP contribution in [0.3, 0.4) is 0 Å². The summed E-state index contributed by atoms with van der Waals surface area (Å²) in [6.45, 7) is 0. The Hall–Kier alpha value is -0.660. The number of hydrogen-bond donors (Lipinski definition) is 0. The first-order valence-corrected chi connectivity index (χ1v) is 7.42. The van der Waals surface area contributed by atoms with E-state index in [4.69, 9.17) is 10.7 Å². The Morgan fingerprint density at radius 3 is 2.56 bits per heavy atom. The van der Waals surface area contributed by atoms with Gasteiger partial charge in [0.05, 0.1) is 10.7 Å². The molecule has 1 aromatic rings. The number of halogens is 2. The largest absolute Gasteiger partial charge is 0.273 e. The Bertz CT molecular complexity index is 517. The minimum atomic E-state index is -3.65. The van der Waals surface area contributed by atoms with Crippen molar-refractivity contribution in [1.82, 2.24) is 0 Å². The van der Waals surface area contributed by atoms with E-state index in [2.05, 4.69) is 15.9 Å². The summed E-state index contributed by atoms with van der Waals surface area (Å²) in [5.41, 5.74) is 0.214. The van der Waals surface area contributed by atoms with Crippen LogP contribution in [0.15, 0.2) is 22.7 Å². The van der Waals surface area contributed by atoms with E-state index in [-0.39, 0.29) is 17.9 Å². The Morgan fingerprint density at radius 1 is 1.44 bits per heavy atom. The molecule has 0 spiro atoms. The molecule has 0 radical (unpaired) electrons. The number of nitro groups is 1. The van der Waals surface area contributed by atoms with E-state index in [0.717, 1.165) is 0 Å². The third kappa shape index (κ3) is 3.73. The average molecular weight is 329 g/mol. The minimum Gasteiger partial charge on any atom is -0.258 e. The van der Waals surface area contributed by atoms with Crippen molar-refractivity contribution >= 4 is 41.4 Å². The Balaban J connectivity index is 3.07. The van der Waals surface area contributed by atoms with Crippen molar-refractivity contribution in [2.24, 2.45) is 0 Å². The summed E-state index contributed by atoms with van der Waals surface area (Å²) < 4.78 is 22.1. The highest BCUT2D eigenvalue weighted by molar-refractivity contribution is 9.10. The normalized spacial score (nSPS) is 11.4. The zero-order chi connectivity index (χ0) is 12.3. The van der Waals surface area contributed by atoms with Gasteiger partial charge in [-0.2, -0.15) is 0 Å². The number of nitro benzene ring substituents is 1. The first kappa shape index (κ1) is 13.4. The number of hydrogen-bond acceptors (Lipinski definition) is 4. The van der Waals surface area contributed by atoms with Crippen LogP contribution in [0.1, 0.15) is 5.56 Å². The van der Waals surface area contributed by atoms with Crippen LogP contribution in [0.5, 0.6) is 0 Å². The monoisotopic (exact) mass is 327 g/mol. The summed E-state index contributed by atoms with van der Waals surface area (Å²) in [6.07, 6.45) is 0.00354. The molecule has 8 heteroatoms. The zero-order valence-electron chi connectivity index (χ0n) is 7.89. The lowest BCUT2D eigenvalue weighted by Crippen LogP contribution is -2.04. The van der Waals surface area contributed by atoms with Crippen molar-refractivity contribution in [1.29, 1.82) is 0 Å². The summed E-state index contributed by atoms with van der Waals surface area (Å²) in [7, 11) is 1.40. The first-order valence-electron chi connectivity index (χ1n) is 4.15. The highest BCUT2D eigenvalue weighted by Crippen LogP contribution is 2.27. The molecule has 0 amide bonds. The summed E-state index contributed by atoms with van der Waals surface area (Å²) in [4.78, 5) is 10.1. The molecule has 0 aliphatic carbocycles. The van der Waals surface area contributed by atoms with Gasteiger partial charge in [0.25, 0.3) is 5.69 Å². The van der Waals surface area contributed by atoms with E-state index in [0.29, 0.717) is 10.0 Å². The fourth-order valence-electron chi connectivity index (χ4n) is 1.19. The fraction of sp³-hybridized carbons (Fsp3) is 0.250. The number of rotatable bonds is 4. The maximum absolute atomic E-state index is 10.8. The third-order valence-electron chi connectivity index (χ3n) is 1.89. The second kappa shape index (κ2) is 5.11. The van der Waals surface area contributed by atoms with Crippen molar-refractivity contribution in [2.45, 2.75) is 6.42 Å². The molecule has 0 aliphatic heterocycles. The van der Waals surface area contributed by atoms with E-state index in [9.17, 15) is 18.5 Å². The van der Waals surface area contributed by atoms with Gasteiger partial charge in [0, 0.05) is 26.8 Å². The van der Waals surface area contributed by atoms with E-state index >= 15 is 0 Å².